The molecule has 0 atom stereocenters. The second-order valence-corrected chi connectivity index (χ2v) is 6.12. The molecule has 3 aromatic heterocycles. The Balaban J connectivity index is 2.07. The largest absolute Gasteiger partial charge is 0.294 e. The van der Waals surface area contributed by atoms with Crippen LogP contribution in [0, 0.1) is 6.92 Å². The number of rotatable bonds is 2. The molecule has 0 amide bonds. The summed E-state index contributed by atoms with van der Waals surface area (Å²) in [5.74, 6) is 0. The van der Waals surface area contributed by atoms with Crippen molar-refractivity contribution in [1.29, 1.82) is 0 Å². The first kappa shape index (κ1) is 12.5. The minimum Gasteiger partial charge on any atom is -0.266 e. The lowest BCUT2D eigenvalue weighted by Crippen LogP contribution is -2.16. The van der Waals surface area contributed by atoms with Crippen LogP contribution < -0.4 is 5.56 Å². The van der Waals surface area contributed by atoms with Crippen LogP contribution in [0.1, 0.15) is 15.6 Å². The zero-order chi connectivity index (χ0) is 13.4. The molecule has 3 rings (SSSR count). The fraction of sp³-hybridized carbons (Fsp3) is 0.0909. The number of aromatic nitrogens is 4. The molecule has 3 aromatic rings. The van der Waals surface area contributed by atoms with Crippen LogP contribution in [0.15, 0.2) is 16.5 Å². The summed E-state index contributed by atoms with van der Waals surface area (Å²) in [5.41, 5.74) is 1.65. The van der Waals surface area contributed by atoms with Crippen molar-refractivity contribution in [2.24, 2.45) is 0 Å². The molecule has 96 valence electrons. The molecule has 0 radical (unpaired) electrons. The minimum absolute atomic E-state index is 0.0703. The van der Waals surface area contributed by atoms with Crippen LogP contribution in [0.5, 0.6) is 0 Å². The third-order valence-corrected chi connectivity index (χ3v) is 4.28. The number of halogens is 1. The zero-order valence-corrected chi connectivity index (χ0v) is 12.1. The van der Waals surface area contributed by atoms with Crippen LogP contribution in [0.4, 0.5) is 0 Å². The van der Waals surface area contributed by atoms with Crippen molar-refractivity contribution in [1.82, 2.24) is 19.6 Å². The molecule has 5 nitrogen and oxygen atoms in total. The van der Waals surface area contributed by atoms with Gasteiger partial charge in [-0.1, -0.05) is 22.9 Å². The van der Waals surface area contributed by atoms with Crippen molar-refractivity contribution < 1.29 is 0 Å². The highest BCUT2D eigenvalue weighted by Gasteiger charge is 2.10. The Morgan fingerprint density at radius 3 is 3.00 bits per heavy atom. The van der Waals surface area contributed by atoms with E-state index in [0.717, 1.165) is 9.88 Å². The number of hydrogen-bond acceptors (Lipinski definition) is 6. The van der Waals surface area contributed by atoms with Crippen LogP contribution in [0.2, 0.25) is 5.02 Å². The average Bonchev–Trinajstić information content (AvgIpc) is 3.01. The molecule has 0 saturated heterocycles. The maximum absolute atomic E-state index is 11.9. The first-order valence-corrected chi connectivity index (χ1v) is 7.35. The van der Waals surface area contributed by atoms with E-state index in [2.05, 4.69) is 15.1 Å². The molecular formula is C11H7ClN4OS2. The van der Waals surface area contributed by atoms with Gasteiger partial charge in [-0.05, 0) is 19.1 Å². The molecule has 0 aliphatic heterocycles. The zero-order valence-electron chi connectivity index (χ0n) is 9.70. The second-order valence-electron chi connectivity index (χ2n) is 3.66. The lowest BCUT2D eigenvalue weighted by Gasteiger charge is -1.97. The molecule has 0 bridgehead atoms. The summed E-state index contributed by atoms with van der Waals surface area (Å²) in [6.07, 6.45) is 5.33. The highest BCUT2D eigenvalue weighted by Crippen LogP contribution is 2.18. The van der Waals surface area contributed by atoms with E-state index in [-0.39, 0.29) is 10.6 Å². The van der Waals surface area contributed by atoms with E-state index in [1.807, 2.05) is 13.0 Å². The van der Waals surface area contributed by atoms with E-state index >= 15 is 0 Å². The number of thiazole rings is 1. The van der Waals surface area contributed by atoms with E-state index < -0.39 is 0 Å². The lowest BCUT2D eigenvalue weighted by atomic mass is 10.3. The molecule has 0 aromatic carbocycles. The number of hydrogen-bond donors (Lipinski definition) is 0. The van der Waals surface area contributed by atoms with Gasteiger partial charge in [0.1, 0.15) is 10.5 Å². The van der Waals surface area contributed by atoms with Crippen molar-refractivity contribution in [2.45, 2.75) is 6.92 Å². The predicted octanol–water partition coefficient (Wildman–Crippen LogP) is 2.74. The van der Waals surface area contributed by atoms with Crippen LogP contribution in [-0.4, -0.2) is 19.6 Å². The fourth-order valence-electron chi connectivity index (χ4n) is 1.51. The average molecular weight is 311 g/mol. The van der Waals surface area contributed by atoms with E-state index in [1.165, 1.54) is 15.9 Å². The predicted molar refractivity (Wildman–Crippen MR) is 77.9 cm³/mol. The van der Waals surface area contributed by atoms with Gasteiger partial charge in [0.05, 0.1) is 10.7 Å². The van der Waals surface area contributed by atoms with Crippen LogP contribution >= 0.6 is 34.3 Å². The Hall–Kier alpha value is -1.57. The first-order valence-electron chi connectivity index (χ1n) is 5.27. The van der Waals surface area contributed by atoms with Crippen LogP contribution in [0.25, 0.3) is 17.1 Å². The summed E-state index contributed by atoms with van der Waals surface area (Å²) >= 11 is 8.85. The number of fused-ring (bicyclic) bond motifs is 1. The molecule has 0 aliphatic rings. The van der Waals surface area contributed by atoms with E-state index in [4.69, 9.17) is 11.6 Å². The topological polar surface area (TPSA) is 60.1 Å². The monoisotopic (exact) mass is 310 g/mol. The van der Waals surface area contributed by atoms with Crippen molar-refractivity contribution in [3.05, 3.63) is 42.7 Å². The van der Waals surface area contributed by atoms with Gasteiger partial charge in [0.2, 0.25) is 4.96 Å². The summed E-state index contributed by atoms with van der Waals surface area (Å²) in [7, 11) is 0. The summed E-state index contributed by atoms with van der Waals surface area (Å²) in [6, 6.07) is 0. The molecule has 0 N–H and O–H groups in total. The summed E-state index contributed by atoms with van der Waals surface area (Å²) in [4.78, 5) is 21.9. The normalized spacial score (nSPS) is 11.7. The Labute approximate surface area is 120 Å². The third-order valence-electron chi connectivity index (χ3n) is 2.37. The maximum Gasteiger partial charge on any atom is 0.294 e. The molecule has 8 heteroatoms. The second kappa shape index (κ2) is 4.84. The molecular weight excluding hydrogens is 304 g/mol. The molecule has 3 heterocycles. The fourth-order valence-corrected chi connectivity index (χ4v) is 3.00. The van der Waals surface area contributed by atoms with Crippen molar-refractivity contribution in [2.75, 3.05) is 0 Å². The first-order chi connectivity index (χ1) is 9.15. The Bertz CT molecular complexity index is 833. The van der Waals surface area contributed by atoms with Gasteiger partial charge in [0.25, 0.3) is 5.56 Å². The van der Waals surface area contributed by atoms with Crippen molar-refractivity contribution in [3.8, 4) is 0 Å². The third kappa shape index (κ3) is 2.32. The quantitative estimate of drug-likeness (QED) is 0.730. The van der Waals surface area contributed by atoms with Crippen LogP contribution in [-0.2, 0) is 0 Å². The lowest BCUT2D eigenvalue weighted by molar-refractivity contribution is 0.897. The SMILES string of the molecule is Cc1ncc(/C=C/c2nc3scnn3c(=O)c2Cl)s1. The molecule has 0 fully saturated rings. The Morgan fingerprint density at radius 1 is 1.42 bits per heavy atom. The van der Waals surface area contributed by atoms with E-state index in [1.54, 1.807) is 29.1 Å². The van der Waals surface area contributed by atoms with Crippen LogP contribution in [0.3, 0.4) is 0 Å². The number of aryl methyl sites for hydroxylation is 1. The molecule has 0 spiro atoms. The van der Waals surface area contributed by atoms with Gasteiger partial charge < -0.3 is 0 Å². The molecule has 0 aliphatic carbocycles. The van der Waals surface area contributed by atoms with E-state index in [0.29, 0.717) is 10.7 Å². The van der Waals surface area contributed by atoms with Crippen molar-refractivity contribution >= 4 is 51.4 Å². The van der Waals surface area contributed by atoms with Gasteiger partial charge >= 0.3 is 0 Å². The van der Waals surface area contributed by atoms with Gasteiger partial charge in [-0.15, -0.1) is 11.3 Å². The molecule has 19 heavy (non-hydrogen) atoms. The van der Waals surface area contributed by atoms with Gasteiger partial charge in [0, 0.05) is 11.1 Å². The minimum atomic E-state index is -0.354. The Kier molecular flexibility index (Phi) is 3.17. The highest BCUT2D eigenvalue weighted by atomic mass is 35.5. The van der Waals surface area contributed by atoms with Gasteiger partial charge in [0.15, 0.2) is 0 Å². The standard InChI is InChI=1S/C11H7ClN4OS2/c1-6-13-4-7(19-6)2-3-8-9(12)10(17)16-11(15-8)18-5-14-16/h2-5H,1H3/b3-2+. The van der Waals surface area contributed by atoms with Gasteiger partial charge in [-0.3, -0.25) is 4.79 Å². The smallest absolute Gasteiger partial charge is 0.266 e. The highest BCUT2D eigenvalue weighted by molar-refractivity contribution is 7.14. The summed E-state index contributed by atoms with van der Waals surface area (Å²) in [5, 5.41) is 4.94. The maximum atomic E-state index is 11.9. The molecule has 0 saturated carbocycles. The summed E-state index contributed by atoms with van der Waals surface area (Å²) < 4.78 is 1.20. The summed E-state index contributed by atoms with van der Waals surface area (Å²) in [6.45, 7) is 1.93. The van der Waals surface area contributed by atoms with Gasteiger partial charge in [-0.25, -0.2) is 9.97 Å². The number of nitrogens with zero attached hydrogens (tertiary/aromatic N) is 4. The Morgan fingerprint density at radius 2 is 2.26 bits per heavy atom. The molecule has 0 unspecified atom stereocenters. The van der Waals surface area contributed by atoms with Gasteiger partial charge in [-0.2, -0.15) is 9.61 Å². The van der Waals surface area contributed by atoms with Crippen molar-refractivity contribution in [3.63, 3.8) is 0 Å². The van der Waals surface area contributed by atoms with E-state index in [9.17, 15) is 4.79 Å².